The van der Waals surface area contributed by atoms with E-state index in [2.05, 4.69) is 15.3 Å². The molecule has 2 aromatic rings. The number of rotatable bonds is 5. The van der Waals surface area contributed by atoms with Crippen molar-refractivity contribution in [2.24, 2.45) is 11.0 Å². The Balaban J connectivity index is 1.81. The zero-order chi connectivity index (χ0) is 16.4. The van der Waals surface area contributed by atoms with Gasteiger partial charge in [0.15, 0.2) is 11.5 Å². The first-order valence-electron chi connectivity index (χ1n) is 7.16. The van der Waals surface area contributed by atoms with Gasteiger partial charge in [-0.3, -0.25) is 9.89 Å². The smallest absolute Gasteiger partial charge is 0.314 e. The van der Waals surface area contributed by atoms with E-state index in [1.54, 1.807) is 31.3 Å². The van der Waals surface area contributed by atoms with E-state index in [0.29, 0.717) is 22.1 Å². The highest BCUT2D eigenvalue weighted by molar-refractivity contribution is 7.71. The summed E-state index contributed by atoms with van der Waals surface area (Å²) in [5.74, 6) is 1.39. The molecule has 0 atom stereocenters. The number of hydrogen-bond acceptors (Lipinski definition) is 6. The lowest BCUT2D eigenvalue weighted by Crippen LogP contribution is -2.10. The van der Waals surface area contributed by atoms with Crippen LogP contribution in [0.1, 0.15) is 24.2 Å². The van der Waals surface area contributed by atoms with E-state index in [1.165, 1.54) is 11.8 Å². The number of aryl methyl sites for hydroxylation is 1. The van der Waals surface area contributed by atoms with E-state index in [-0.39, 0.29) is 11.9 Å². The van der Waals surface area contributed by atoms with Crippen molar-refractivity contribution < 1.29 is 14.3 Å². The molecule has 0 amide bonds. The topological polar surface area (TPSA) is 81.5 Å². The van der Waals surface area contributed by atoms with Gasteiger partial charge in [0.2, 0.25) is 4.77 Å². The van der Waals surface area contributed by atoms with Gasteiger partial charge in [0.05, 0.1) is 19.2 Å². The summed E-state index contributed by atoms with van der Waals surface area (Å²) < 4.78 is 12.6. The fourth-order valence-electron chi connectivity index (χ4n) is 1.99. The van der Waals surface area contributed by atoms with E-state index >= 15 is 0 Å². The van der Waals surface area contributed by atoms with Crippen LogP contribution in [0.2, 0.25) is 0 Å². The van der Waals surface area contributed by atoms with Crippen LogP contribution in [0.5, 0.6) is 11.5 Å². The molecule has 0 aliphatic heterocycles. The van der Waals surface area contributed by atoms with Gasteiger partial charge in [0, 0.05) is 0 Å². The van der Waals surface area contributed by atoms with Gasteiger partial charge in [0.25, 0.3) is 0 Å². The molecule has 120 valence electrons. The summed E-state index contributed by atoms with van der Waals surface area (Å²) in [6.07, 6.45) is 3.43. The molecule has 1 heterocycles. The zero-order valence-corrected chi connectivity index (χ0v) is 13.6. The lowest BCUT2D eigenvalue weighted by atomic mass is 10.2. The first-order chi connectivity index (χ1) is 11.1. The van der Waals surface area contributed by atoms with Gasteiger partial charge in [-0.1, -0.05) is 0 Å². The maximum absolute atomic E-state index is 11.8. The lowest BCUT2D eigenvalue weighted by molar-refractivity contribution is -0.135. The molecule has 1 fully saturated rings. The molecule has 1 N–H and O–H groups in total. The summed E-state index contributed by atoms with van der Waals surface area (Å²) in [6, 6.07) is 5.24. The minimum Gasteiger partial charge on any atom is -0.493 e. The maximum Gasteiger partial charge on any atom is 0.314 e. The van der Waals surface area contributed by atoms with E-state index < -0.39 is 0 Å². The number of benzene rings is 1. The highest BCUT2D eigenvalue weighted by atomic mass is 32.1. The van der Waals surface area contributed by atoms with Crippen LogP contribution in [0.3, 0.4) is 0 Å². The van der Waals surface area contributed by atoms with Crippen LogP contribution in [0, 0.1) is 17.6 Å². The molecule has 0 unspecified atom stereocenters. The van der Waals surface area contributed by atoms with Crippen LogP contribution >= 0.6 is 12.2 Å². The molecule has 7 nitrogen and oxygen atoms in total. The Morgan fingerprint density at radius 2 is 2.26 bits per heavy atom. The fourth-order valence-corrected chi connectivity index (χ4v) is 2.22. The molecule has 0 spiro atoms. The first kappa shape index (κ1) is 15.4. The Morgan fingerprint density at radius 1 is 1.48 bits per heavy atom. The summed E-state index contributed by atoms with van der Waals surface area (Å²) in [4.78, 5) is 11.8. The minimum absolute atomic E-state index is 0.0342. The van der Waals surface area contributed by atoms with Crippen molar-refractivity contribution in [2.75, 3.05) is 7.11 Å². The number of esters is 1. The molecule has 1 aliphatic carbocycles. The van der Waals surface area contributed by atoms with Gasteiger partial charge < -0.3 is 9.47 Å². The predicted octanol–water partition coefficient (Wildman–Crippen LogP) is 2.46. The molecule has 23 heavy (non-hydrogen) atoms. The third kappa shape index (κ3) is 3.48. The highest BCUT2D eigenvalue weighted by Gasteiger charge is 2.32. The summed E-state index contributed by atoms with van der Waals surface area (Å²) >= 11 is 5.08. The molecule has 1 aliphatic rings. The maximum atomic E-state index is 11.8. The highest BCUT2D eigenvalue weighted by Crippen LogP contribution is 2.34. The largest absolute Gasteiger partial charge is 0.493 e. The van der Waals surface area contributed by atoms with Crippen LogP contribution in [0.25, 0.3) is 0 Å². The predicted molar refractivity (Wildman–Crippen MR) is 86.5 cm³/mol. The van der Waals surface area contributed by atoms with Crippen LogP contribution < -0.4 is 9.47 Å². The van der Waals surface area contributed by atoms with Crippen LogP contribution in [0.15, 0.2) is 23.3 Å². The van der Waals surface area contributed by atoms with E-state index in [4.69, 9.17) is 21.7 Å². The Morgan fingerprint density at radius 3 is 2.87 bits per heavy atom. The second kappa shape index (κ2) is 6.33. The van der Waals surface area contributed by atoms with E-state index in [0.717, 1.165) is 18.4 Å². The number of H-pyrrole nitrogens is 1. The van der Waals surface area contributed by atoms with Crippen LogP contribution in [-0.4, -0.2) is 34.2 Å². The summed E-state index contributed by atoms with van der Waals surface area (Å²) in [5.41, 5.74) is 0.788. The Hall–Kier alpha value is -2.48. The Kier molecular flexibility index (Phi) is 4.24. The molecule has 1 saturated carbocycles. The van der Waals surface area contributed by atoms with Crippen molar-refractivity contribution in [3.8, 4) is 11.5 Å². The normalized spacial score (nSPS) is 14.2. The summed E-state index contributed by atoms with van der Waals surface area (Å²) in [6.45, 7) is 1.80. The van der Waals surface area contributed by atoms with Crippen LogP contribution in [-0.2, 0) is 4.79 Å². The number of ether oxygens (including phenoxy) is 2. The van der Waals surface area contributed by atoms with Crippen molar-refractivity contribution in [1.82, 2.24) is 14.9 Å². The summed E-state index contributed by atoms with van der Waals surface area (Å²) in [7, 11) is 1.53. The van der Waals surface area contributed by atoms with Gasteiger partial charge in [0.1, 0.15) is 5.82 Å². The van der Waals surface area contributed by atoms with Gasteiger partial charge in [-0.05, 0) is 55.7 Å². The second-order valence-corrected chi connectivity index (χ2v) is 5.62. The Bertz CT molecular complexity index is 820. The quantitative estimate of drug-likeness (QED) is 0.394. The molecule has 1 aromatic carbocycles. The third-order valence-corrected chi connectivity index (χ3v) is 3.71. The molecule has 3 rings (SSSR count). The van der Waals surface area contributed by atoms with E-state index in [9.17, 15) is 4.79 Å². The standard InChI is InChI=1S/C15H16N4O3S/c1-9-17-18-15(23)19(9)16-8-10-3-6-12(13(7-10)21-2)22-14(20)11-4-5-11/h3,6-8,11H,4-5H2,1-2H3,(H,18,23)/b16-8-. The minimum atomic E-state index is -0.204. The van der Waals surface area contributed by atoms with Crippen molar-refractivity contribution in [1.29, 1.82) is 0 Å². The van der Waals surface area contributed by atoms with Gasteiger partial charge >= 0.3 is 5.97 Å². The number of hydrogen-bond donors (Lipinski definition) is 1. The first-order valence-corrected chi connectivity index (χ1v) is 7.57. The summed E-state index contributed by atoms with van der Waals surface area (Å²) in [5, 5.41) is 10.9. The number of carbonyl (C=O) groups is 1. The van der Waals surface area contributed by atoms with Gasteiger partial charge in [-0.25, -0.2) is 0 Å². The van der Waals surface area contributed by atoms with Crippen molar-refractivity contribution in [3.63, 3.8) is 0 Å². The number of carbonyl (C=O) groups excluding carboxylic acids is 1. The fraction of sp³-hybridized carbons (Fsp3) is 0.333. The molecule has 0 radical (unpaired) electrons. The van der Waals surface area contributed by atoms with Gasteiger partial charge in [-0.15, -0.1) is 0 Å². The van der Waals surface area contributed by atoms with Gasteiger partial charge in [-0.2, -0.15) is 14.9 Å². The molecular formula is C15H16N4O3S. The number of methoxy groups -OCH3 is 1. The molecular weight excluding hydrogens is 316 g/mol. The lowest BCUT2D eigenvalue weighted by Gasteiger charge is -2.09. The molecule has 1 aromatic heterocycles. The average Bonchev–Trinajstić information content (AvgIpc) is 3.34. The number of aromatic nitrogens is 3. The van der Waals surface area contributed by atoms with Crippen molar-refractivity contribution in [3.05, 3.63) is 34.4 Å². The number of aromatic amines is 1. The number of nitrogens with one attached hydrogen (secondary N) is 1. The van der Waals surface area contributed by atoms with Crippen LogP contribution in [0.4, 0.5) is 0 Å². The monoisotopic (exact) mass is 332 g/mol. The van der Waals surface area contributed by atoms with E-state index in [1.807, 2.05) is 0 Å². The second-order valence-electron chi connectivity index (χ2n) is 5.24. The average molecular weight is 332 g/mol. The zero-order valence-electron chi connectivity index (χ0n) is 12.8. The Labute approximate surface area is 137 Å². The molecule has 0 bridgehead atoms. The van der Waals surface area contributed by atoms with Crippen molar-refractivity contribution >= 4 is 24.4 Å². The number of nitrogens with zero attached hydrogens (tertiary/aromatic N) is 3. The molecule has 0 saturated heterocycles. The van der Waals surface area contributed by atoms with Crippen molar-refractivity contribution in [2.45, 2.75) is 19.8 Å². The third-order valence-electron chi connectivity index (χ3n) is 3.44. The molecule has 8 heteroatoms. The SMILES string of the molecule is COc1cc(/C=N\n2c(C)n[nH]c2=S)ccc1OC(=O)C1CC1.